The van der Waals surface area contributed by atoms with Crippen LogP contribution in [0, 0.1) is 0 Å². The minimum atomic E-state index is 0.308. The molecule has 0 heterocycles. The van der Waals surface area contributed by atoms with Gasteiger partial charge in [0.15, 0.2) is 0 Å². The van der Waals surface area contributed by atoms with Gasteiger partial charge in [-0.25, -0.2) is 0 Å². The zero-order chi connectivity index (χ0) is 12.8. The first kappa shape index (κ1) is 12.5. The van der Waals surface area contributed by atoms with Gasteiger partial charge in [-0.2, -0.15) is 0 Å². The van der Waals surface area contributed by atoms with Crippen LogP contribution < -0.4 is 4.90 Å². The molecule has 2 aromatic carbocycles. The molecule has 0 fully saturated rings. The van der Waals surface area contributed by atoms with Crippen molar-refractivity contribution < 1.29 is 5.11 Å². The third-order valence-corrected chi connectivity index (χ3v) is 2.96. The molecule has 0 saturated carbocycles. The average Bonchev–Trinajstić information content (AvgIpc) is 2.42. The van der Waals surface area contributed by atoms with Crippen LogP contribution >= 0.6 is 0 Å². The number of anilines is 2. The molecule has 0 aliphatic rings. The lowest BCUT2D eigenvalue weighted by molar-refractivity contribution is 0.475. The Bertz CT molecular complexity index is 464. The van der Waals surface area contributed by atoms with E-state index in [0.717, 1.165) is 18.7 Å². The van der Waals surface area contributed by atoms with Crippen molar-refractivity contribution in [2.45, 2.75) is 19.8 Å². The highest BCUT2D eigenvalue weighted by Crippen LogP contribution is 2.26. The summed E-state index contributed by atoms with van der Waals surface area (Å²) in [5.74, 6) is 0.308. The van der Waals surface area contributed by atoms with Gasteiger partial charge in [-0.3, -0.25) is 0 Å². The molecule has 0 radical (unpaired) electrons. The highest BCUT2D eigenvalue weighted by atomic mass is 16.3. The number of nitrogens with zero attached hydrogens (tertiary/aromatic N) is 1. The molecule has 0 unspecified atom stereocenters. The van der Waals surface area contributed by atoms with Crippen LogP contribution in [0.15, 0.2) is 54.6 Å². The van der Waals surface area contributed by atoms with Gasteiger partial charge in [0.2, 0.25) is 0 Å². The van der Waals surface area contributed by atoms with Crippen molar-refractivity contribution in [2.24, 2.45) is 0 Å². The highest BCUT2D eigenvalue weighted by molar-refractivity contribution is 5.63. The Balaban J connectivity index is 2.27. The van der Waals surface area contributed by atoms with Crippen molar-refractivity contribution in [1.82, 2.24) is 0 Å². The van der Waals surface area contributed by atoms with Crippen LogP contribution in [0.1, 0.15) is 19.8 Å². The molecule has 2 aromatic rings. The third kappa shape index (κ3) is 3.04. The summed E-state index contributed by atoms with van der Waals surface area (Å²) in [6.07, 6.45) is 2.32. The Kier molecular flexibility index (Phi) is 4.24. The molecular formula is C16H19NO. The van der Waals surface area contributed by atoms with Gasteiger partial charge in [0.25, 0.3) is 0 Å². The quantitative estimate of drug-likeness (QED) is 0.842. The summed E-state index contributed by atoms with van der Waals surface area (Å²) in [4.78, 5) is 2.28. The fourth-order valence-corrected chi connectivity index (χ4v) is 1.96. The smallest absolute Gasteiger partial charge is 0.115 e. The standard InChI is InChI=1S/C16H19NO/c1-2-3-13-17(14-7-5-4-6-8-14)15-9-11-16(18)12-10-15/h4-12,18H,2-3,13H2,1H3. The summed E-state index contributed by atoms with van der Waals surface area (Å²) in [5.41, 5.74) is 2.31. The third-order valence-electron chi connectivity index (χ3n) is 2.96. The number of hydrogen-bond donors (Lipinski definition) is 1. The summed E-state index contributed by atoms with van der Waals surface area (Å²) >= 11 is 0. The maximum absolute atomic E-state index is 9.37. The molecule has 0 saturated heterocycles. The van der Waals surface area contributed by atoms with Gasteiger partial charge < -0.3 is 10.0 Å². The molecule has 0 bridgehead atoms. The van der Waals surface area contributed by atoms with Gasteiger partial charge in [0, 0.05) is 17.9 Å². The maximum atomic E-state index is 9.37. The lowest BCUT2D eigenvalue weighted by atomic mass is 10.2. The second kappa shape index (κ2) is 6.10. The van der Waals surface area contributed by atoms with Gasteiger partial charge in [-0.15, -0.1) is 0 Å². The van der Waals surface area contributed by atoms with Gasteiger partial charge in [-0.1, -0.05) is 31.5 Å². The van der Waals surface area contributed by atoms with E-state index in [9.17, 15) is 5.11 Å². The van der Waals surface area contributed by atoms with Crippen molar-refractivity contribution in [3.63, 3.8) is 0 Å². The molecule has 0 amide bonds. The first-order chi connectivity index (χ1) is 8.81. The second-order valence-corrected chi connectivity index (χ2v) is 4.36. The number of phenols is 1. The molecule has 94 valence electrons. The highest BCUT2D eigenvalue weighted by Gasteiger charge is 2.07. The van der Waals surface area contributed by atoms with Crippen molar-refractivity contribution >= 4 is 11.4 Å². The second-order valence-electron chi connectivity index (χ2n) is 4.36. The first-order valence-corrected chi connectivity index (χ1v) is 6.43. The lowest BCUT2D eigenvalue weighted by Gasteiger charge is -2.25. The van der Waals surface area contributed by atoms with Gasteiger partial charge in [0.05, 0.1) is 0 Å². The number of rotatable bonds is 5. The number of aromatic hydroxyl groups is 1. The maximum Gasteiger partial charge on any atom is 0.115 e. The summed E-state index contributed by atoms with van der Waals surface area (Å²) < 4.78 is 0. The largest absolute Gasteiger partial charge is 0.508 e. The van der Waals surface area contributed by atoms with Gasteiger partial charge >= 0.3 is 0 Å². The van der Waals surface area contributed by atoms with E-state index in [-0.39, 0.29) is 0 Å². The Morgan fingerprint density at radius 2 is 1.50 bits per heavy atom. The average molecular weight is 241 g/mol. The van der Waals surface area contributed by atoms with Crippen LogP contribution in [0.5, 0.6) is 5.75 Å². The predicted octanol–water partition coefficient (Wildman–Crippen LogP) is 4.33. The van der Waals surface area contributed by atoms with Crippen LogP contribution in [-0.2, 0) is 0 Å². The van der Waals surface area contributed by atoms with E-state index in [1.807, 2.05) is 18.2 Å². The molecule has 0 aliphatic heterocycles. The van der Waals surface area contributed by atoms with E-state index in [1.165, 1.54) is 12.1 Å². The van der Waals surface area contributed by atoms with E-state index in [2.05, 4.69) is 36.1 Å². The molecule has 2 heteroatoms. The number of hydrogen-bond acceptors (Lipinski definition) is 2. The van der Waals surface area contributed by atoms with E-state index in [1.54, 1.807) is 12.1 Å². The fraction of sp³-hybridized carbons (Fsp3) is 0.250. The van der Waals surface area contributed by atoms with Crippen molar-refractivity contribution in [3.8, 4) is 5.75 Å². The molecule has 0 atom stereocenters. The Morgan fingerprint density at radius 3 is 2.11 bits per heavy atom. The van der Waals surface area contributed by atoms with Crippen LogP contribution in [0.4, 0.5) is 11.4 Å². The topological polar surface area (TPSA) is 23.5 Å². The first-order valence-electron chi connectivity index (χ1n) is 6.43. The summed E-state index contributed by atoms with van der Waals surface area (Å²) in [5, 5.41) is 9.37. The molecule has 18 heavy (non-hydrogen) atoms. The molecule has 2 nitrogen and oxygen atoms in total. The van der Waals surface area contributed by atoms with Crippen LogP contribution in [0.25, 0.3) is 0 Å². The van der Waals surface area contributed by atoms with Crippen LogP contribution in [-0.4, -0.2) is 11.7 Å². The predicted molar refractivity (Wildman–Crippen MR) is 76.5 cm³/mol. The lowest BCUT2D eigenvalue weighted by Crippen LogP contribution is -2.17. The summed E-state index contributed by atoms with van der Waals surface area (Å²) in [6, 6.07) is 17.7. The van der Waals surface area contributed by atoms with Gasteiger partial charge in [-0.05, 0) is 42.8 Å². The zero-order valence-electron chi connectivity index (χ0n) is 10.7. The number of benzene rings is 2. The SMILES string of the molecule is CCCCN(c1ccccc1)c1ccc(O)cc1. The fourth-order valence-electron chi connectivity index (χ4n) is 1.96. The molecule has 1 N–H and O–H groups in total. The number of unbranched alkanes of at least 4 members (excludes halogenated alkanes) is 1. The summed E-state index contributed by atoms with van der Waals surface area (Å²) in [6.45, 7) is 3.19. The summed E-state index contributed by atoms with van der Waals surface area (Å²) in [7, 11) is 0. The minimum absolute atomic E-state index is 0.308. The van der Waals surface area contributed by atoms with E-state index in [4.69, 9.17) is 0 Å². The van der Waals surface area contributed by atoms with Crippen molar-refractivity contribution in [1.29, 1.82) is 0 Å². The molecule has 0 spiro atoms. The molecule has 0 aliphatic carbocycles. The van der Waals surface area contributed by atoms with E-state index in [0.29, 0.717) is 5.75 Å². The normalized spacial score (nSPS) is 10.3. The molecule has 0 aromatic heterocycles. The van der Waals surface area contributed by atoms with Crippen LogP contribution in [0.3, 0.4) is 0 Å². The molecule has 2 rings (SSSR count). The number of para-hydroxylation sites is 1. The van der Waals surface area contributed by atoms with E-state index < -0.39 is 0 Å². The monoisotopic (exact) mass is 241 g/mol. The Morgan fingerprint density at radius 1 is 0.889 bits per heavy atom. The van der Waals surface area contributed by atoms with Crippen LogP contribution in [0.2, 0.25) is 0 Å². The molecular weight excluding hydrogens is 222 g/mol. The van der Waals surface area contributed by atoms with Gasteiger partial charge in [0.1, 0.15) is 5.75 Å². The van der Waals surface area contributed by atoms with E-state index >= 15 is 0 Å². The number of phenolic OH excluding ortho intramolecular Hbond substituents is 1. The Labute approximate surface area is 109 Å². The zero-order valence-corrected chi connectivity index (χ0v) is 10.7. The van der Waals surface area contributed by atoms with Crippen molar-refractivity contribution in [3.05, 3.63) is 54.6 Å². The minimum Gasteiger partial charge on any atom is -0.508 e. The Hall–Kier alpha value is -1.96. The van der Waals surface area contributed by atoms with Crippen molar-refractivity contribution in [2.75, 3.05) is 11.4 Å².